The molecule has 1 heterocycles. The number of anilines is 1. The third-order valence-electron chi connectivity index (χ3n) is 2.44. The standard InChI is InChI=1S/C13H15N3O2/c1-9-2-4-10(5-3-9)16-13(17)11-8-15-12(18-11)6-7-14/h2-5,8H,6-7,14H2,1H3,(H,16,17). The van der Waals surface area contributed by atoms with Crippen molar-refractivity contribution >= 4 is 11.6 Å². The van der Waals surface area contributed by atoms with Crippen LogP contribution < -0.4 is 11.1 Å². The third-order valence-corrected chi connectivity index (χ3v) is 2.44. The van der Waals surface area contributed by atoms with Gasteiger partial charge >= 0.3 is 0 Å². The molecule has 0 bridgehead atoms. The molecule has 3 N–H and O–H groups in total. The van der Waals surface area contributed by atoms with Crippen molar-refractivity contribution in [2.45, 2.75) is 13.3 Å². The molecule has 5 heteroatoms. The molecule has 0 aliphatic rings. The number of benzene rings is 1. The molecule has 0 spiro atoms. The molecule has 0 aliphatic heterocycles. The second-order valence-electron chi connectivity index (χ2n) is 3.98. The highest BCUT2D eigenvalue weighted by Crippen LogP contribution is 2.11. The molecule has 0 radical (unpaired) electrons. The zero-order valence-electron chi connectivity index (χ0n) is 10.1. The molecule has 0 unspecified atom stereocenters. The first kappa shape index (κ1) is 12.3. The van der Waals surface area contributed by atoms with Gasteiger partial charge in [0.15, 0.2) is 5.89 Å². The maximum absolute atomic E-state index is 11.8. The SMILES string of the molecule is Cc1ccc(NC(=O)c2cnc(CCN)o2)cc1. The summed E-state index contributed by atoms with van der Waals surface area (Å²) in [5, 5.41) is 2.74. The van der Waals surface area contributed by atoms with E-state index in [0.29, 0.717) is 18.9 Å². The Labute approximate surface area is 105 Å². The number of hydrogen-bond acceptors (Lipinski definition) is 4. The highest BCUT2D eigenvalue weighted by atomic mass is 16.4. The van der Waals surface area contributed by atoms with Gasteiger partial charge < -0.3 is 15.5 Å². The first-order valence-corrected chi connectivity index (χ1v) is 5.72. The fraction of sp³-hybridized carbons (Fsp3) is 0.231. The average molecular weight is 245 g/mol. The summed E-state index contributed by atoms with van der Waals surface area (Å²) in [5.41, 5.74) is 7.24. The summed E-state index contributed by atoms with van der Waals surface area (Å²) in [6, 6.07) is 7.53. The lowest BCUT2D eigenvalue weighted by molar-refractivity contribution is 0.0995. The summed E-state index contributed by atoms with van der Waals surface area (Å²) >= 11 is 0. The van der Waals surface area contributed by atoms with Crippen LogP contribution in [0.4, 0.5) is 5.69 Å². The molecule has 2 aromatic rings. The van der Waals surface area contributed by atoms with Gasteiger partial charge in [-0.2, -0.15) is 0 Å². The van der Waals surface area contributed by atoms with Gasteiger partial charge in [-0.3, -0.25) is 4.79 Å². The van der Waals surface area contributed by atoms with Gasteiger partial charge in [0.1, 0.15) is 0 Å². The number of oxazole rings is 1. The van der Waals surface area contributed by atoms with Crippen LogP contribution in [0.25, 0.3) is 0 Å². The normalized spacial score (nSPS) is 10.3. The van der Waals surface area contributed by atoms with E-state index in [-0.39, 0.29) is 11.7 Å². The van der Waals surface area contributed by atoms with E-state index in [0.717, 1.165) is 11.3 Å². The number of hydrogen-bond donors (Lipinski definition) is 2. The summed E-state index contributed by atoms with van der Waals surface area (Å²) in [4.78, 5) is 15.8. The Morgan fingerprint density at radius 2 is 2.11 bits per heavy atom. The molecule has 18 heavy (non-hydrogen) atoms. The second kappa shape index (κ2) is 5.46. The highest BCUT2D eigenvalue weighted by Gasteiger charge is 2.12. The molecule has 1 amide bonds. The molecule has 0 saturated carbocycles. The molecular weight excluding hydrogens is 230 g/mol. The van der Waals surface area contributed by atoms with Crippen LogP contribution in [0.5, 0.6) is 0 Å². The number of carbonyl (C=O) groups excluding carboxylic acids is 1. The van der Waals surface area contributed by atoms with E-state index in [2.05, 4.69) is 10.3 Å². The number of aromatic nitrogens is 1. The van der Waals surface area contributed by atoms with E-state index in [1.54, 1.807) is 0 Å². The maximum Gasteiger partial charge on any atom is 0.293 e. The maximum atomic E-state index is 11.8. The van der Waals surface area contributed by atoms with E-state index in [4.69, 9.17) is 10.2 Å². The summed E-state index contributed by atoms with van der Waals surface area (Å²) in [6.07, 6.45) is 1.94. The topological polar surface area (TPSA) is 81.2 Å². The van der Waals surface area contributed by atoms with Gasteiger partial charge in [0, 0.05) is 18.7 Å². The number of nitrogens with one attached hydrogen (secondary N) is 1. The zero-order chi connectivity index (χ0) is 13.0. The van der Waals surface area contributed by atoms with Crippen molar-refractivity contribution in [2.75, 3.05) is 11.9 Å². The Morgan fingerprint density at radius 1 is 1.39 bits per heavy atom. The molecular formula is C13H15N3O2. The molecule has 5 nitrogen and oxygen atoms in total. The van der Waals surface area contributed by atoms with E-state index < -0.39 is 0 Å². The van der Waals surface area contributed by atoms with Crippen LogP contribution in [0.2, 0.25) is 0 Å². The molecule has 0 saturated heterocycles. The monoisotopic (exact) mass is 245 g/mol. The van der Waals surface area contributed by atoms with Gasteiger partial charge in [0.05, 0.1) is 6.20 Å². The Morgan fingerprint density at radius 3 is 2.78 bits per heavy atom. The minimum atomic E-state index is -0.311. The first-order valence-electron chi connectivity index (χ1n) is 5.72. The van der Waals surface area contributed by atoms with Crippen molar-refractivity contribution in [2.24, 2.45) is 5.73 Å². The van der Waals surface area contributed by atoms with Crippen molar-refractivity contribution in [3.8, 4) is 0 Å². The summed E-state index contributed by atoms with van der Waals surface area (Å²) in [6.45, 7) is 2.43. The van der Waals surface area contributed by atoms with Crippen LogP contribution in [-0.4, -0.2) is 17.4 Å². The lowest BCUT2D eigenvalue weighted by Crippen LogP contribution is -2.10. The number of aryl methyl sites for hydroxylation is 1. The van der Waals surface area contributed by atoms with Crippen LogP contribution in [0.3, 0.4) is 0 Å². The molecule has 0 fully saturated rings. The van der Waals surface area contributed by atoms with Crippen LogP contribution in [0.15, 0.2) is 34.9 Å². The molecule has 1 aromatic carbocycles. The van der Waals surface area contributed by atoms with Crippen molar-refractivity contribution in [1.82, 2.24) is 4.98 Å². The van der Waals surface area contributed by atoms with Gasteiger partial charge in [-0.1, -0.05) is 17.7 Å². The minimum absolute atomic E-state index is 0.194. The quantitative estimate of drug-likeness (QED) is 0.859. The van der Waals surface area contributed by atoms with Gasteiger partial charge in [0.25, 0.3) is 5.91 Å². The number of nitrogens with zero attached hydrogens (tertiary/aromatic N) is 1. The number of rotatable bonds is 4. The van der Waals surface area contributed by atoms with E-state index in [1.165, 1.54) is 6.20 Å². The average Bonchev–Trinajstić information content (AvgIpc) is 2.81. The Balaban J connectivity index is 2.04. The molecule has 0 aliphatic carbocycles. The van der Waals surface area contributed by atoms with Crippen LogP contribution in [0.1, 0.15) is 22.0 Å². The lowest BCUT2D eigenvalue weighted by atomic mass is 10.2. The fourth-order valence-electron chi connectivity index (χ4n) is 1.48. The number of carbonyl (C=O) groups is 1. The van der Waals surface area contributed by atoms with Gasteiger partial charge in [0.2, 0.25) is 5.76 Å². The number of amides is 1. The fourth-order valence-corrected chi connectivity index (χ4v) is 1.48. The molecule has 2 rings (SSSR count). The van der Waals surface area contributed by atoms with Crippen LogP contribution >= 0.6 is 0 Å². The molecule has 1 aromatic heterocycles. The first-order chi connectivity index (χ1) is 8.69. The van der Waals surface area contributed by atoms with E-state index in [1.807, 2.05) is 31.2 Å². The summed E-state index contributed by atoms with van der Waals surface area (Å²) in [7, 11) is 0. The van der Waals surface area contributed by atoms with Gasteiger partial charge in [-0.05, 0) is 19.1 Å². The van der Waals surface area contributed by atoms with Gasteiger partial charge in [-0.25, -0.2) is 4.98 Å². The predicted molar refractivity (Wildman–Crippen MR) is 68.4 cm³/mol. The second-order valence-corrected chi connectivity index (χ2v) is 3.98. The summed E-state index contributed by atoms with van der Waals surface area (Å²) < 4.78 is 5.28. The highest BCUT2D eigenvalue weighted by molar-refractivity contribution is 6.02. The zero-order valence-corrected chi connectivity index (χ0v) is 10.1. The van der Waals surface area contributed by atoms with Crippen molar-refractivity contribution < 1.29 is 9.21 Å². The molecule has 0 atom stereocenters. The largest absolute Gasteiger partial charge is 0.435 e. The summed E-state index contributed by atoms with van der Waals surface area (Å²) in [5.74, 6) is 0.361. The molecule has 94 valence electrons. The van der Waals surface area contributed by atoms with E-state index >= 15 is 0 Å². The Kier molecular flexibility index (Phi) is 3.74. The minimum Gasteiger partial charge on any atom is -0.435 e. The van der Waals surface area contributed by atoms with Crippen molar-refractivity contribution in [3.63, 3.8) is 0 Å². The number of nitrogens with two attached hydrogens (primary N) is 1. The predicted octanol–water partition coefficient (Wildman–Crippen LogP) is 1.74. The van der Waals surface area contributed by atoms with Crippen LogP contribution in [0, 0.1) is 6.92 Å². The van der Waals surface area contributed by atoms with Crippen molar-refractivity contribution in [3.05, 3.63) is 47.7 Å². The van der Waals surface area contributed by atoms with Gasteiger partial charge in [-0.15, -0.1) is 0 Å². The Bertz CT molecular complexity index is 531. The Hall–Kier alpha value is -2.14. The third kappa shape index (κ3) is 2.95. The van der Waals surface area contributed by atoms with Crippen molar-refractivity contribution in [1.29, 1.82) is 0 Å². The lowest BCUT2D eigenvalue weighted by Gasteiger charge is -2.02. The van der Waals surface area contributed by atoms with Crippen LogP contribution in [-0.2, 0) is 6.42 Å². The van der Waals surface area contributed by atoms with E-state index in [9.17, 15) is 4.79 Å². The smallest absolute Gasteiger partial charge is 0.293 e.